The molecule has 3 heterocycles. The van der Waals surface area contributed by atoms with Gasteiger partial charge >= 0.3 is 5.97 Å². The molecule has 5 rings (SSSR count). The zero-order valence-electron chi connectivity index (χ0n) is 22.2. The van der Waals surface area contributed by atoms with Crippen LogP contribution < -0.4 is 20.5 Å². The van der Waals surface area contributed by atoms with Crippen molar-refractivity contribution in [3.8, 4) is 11.5 Å². The molecule has 1 aliphatic carbocycles. The fourth-order valence-electron chi connectivity index (χ4n) is 5.09. The van der Waals surface area contributed by atoms with Crippen LogP contribution in [0.3, 0.4) is 0 Å². The molecule has 3 aromatic heterocycles. The minimum atomic E-state index is -0.670. The number of carbonyl (C=O) groups excluding carboxylic acids is 2. The second-order valence-electron chi connectivity index (χ2n) is 9.37. The number of fused-ring (bicyclic) bond motifs is 2. The SMILES string of the molecule is CCOC(=O)c1cc2c(=O)n3ccccc3nc2n(C2CCCCC2)c1=NC(=O)c1cc(OC)cc(OC)c1. The lowest BCUT2D eigenvalue weighted by atomic mass is 9.94. The maximum atomic E-state index is 13.6. The van der Waals surface area contributed by atoms with E-state index < -0.39 is 11.9 Å². The summed E-state index contributed by atoms with van der Waals surface area (Å²) < 4.78 is 19.2. The first-order valence-corrected chi connectivity index (χ1v) is 13.0. The van der Waals surface area contributed by atoms with Crippen molar-refractivity contribution in [2.24, 2.45) is 4.99 Å². The monoisotopic (exact) mass is 530 g/mol. The fourth-order valence-corrected chi connectivity index (χ4v) is 5.09. The molecule has 1 aromatic carbocycles. The first-order chi connectivity index (χ1) is 18.9. The lowest BCUT2D eigenvalue weighted by molar-refractivity contribution is 0.0523. The second kappa shape index (κ2) is 11.1. The van der Waals surface area contributed by atoms with E-state index in [9.17, 15) is 14.4 Å². The Bertz CT molecular complexity index is 1680. The Morgan fingerprint density at radius 1 is 1.03 bits per heavy atom. The van der Waals surface area contributed by atoms with Crippen molar-refractivity contribution in [3.63, 3.8) is 0 Å². The largest absolute Gasteiger partial charge is 0.497 e. The van der Waals surface area contributed by atoms with Crippen LogP contribution in [0.2, 0.25) is 0 Å². The summed E-state index contributed by atoms with van der Waals surface area (Å²) in [5.74, 6) is -0.410. The molecule has 1 aliphatic rings. The van der Waals surface area contributed by atoms with Crippen LogP contribution in [0, 0.1) is 0 Å². The van der Waals surface area contributed by atoms with Crippen LogP contribution in [0.15, 0.2) is 58.4 Å². The number of pyridine rings is 2. The van der Waals surface area contributed by atoms with Gasteiger partial charge in [-0.2, -0.15) is 4.99 Å². The molecule has 10 nitrogen and oxygen atoms in total. The van der Waals surface area contributed by atoms with E-state index in [1.807, 2.05) is 0 Å². The van der Waals surface area contributed by atoms with Gasteiger partial charge in [-0.1, -0.05) is 25.3 Å². The maximum absolute atomic E-state index is 13.6. The number of hydrogen-bond donors (Lipinski definition) is 0. The maximum Gasteiger partial charge on any atom is 0.341 e. The van der Waals surface area contributed by atoms with Gasteiger partial charge in [-0.25, -0.2) is 9.78 Å². The van der Waals surface area contributed by atoms with Crippen molar-refractivity contribution in [2.45, 2.75) is 45.1 Å². The standard InChI is InChI=1S/C29H30N4O6/c1-4-39-29(36)23-17-22-25(30-24-12-8-9-13-32(24)28(22)35)33(19-10-6-5-7-11-19)26(23)31-27(34)18-14-20(37-2)16-21(15-18)38-3/h8-9,12-17,19H,4-7,10-11H2,1-3H3. The topological polar surface area (TPSA) is 113 Å². The number of carbonyl (C=O) groups is 2. The molecule has 1 amide bonds. The molecular weight excluding hydrogens is 500 g/mol. The first kappa shape index (κ1) is 26.1. The predicted octanol–water partition coefficient (Wildman–Crippen LogP) is 4.09. The molecule has 39 heavy (non-hydrogen) atoms. The zero-order valence-corrected chi connectivity index (χ0v) is 22.2. The van der Waals surface area contributed by atoms with Crippen LogP contribution in [0.1, 0.15) is 65.8 Å². The van der Waals surface area contributed by atoms with Gasteiger partial charge in [0.1, 0.15) is 28.4 Å². The number of benzene rings is 1. The van der Waals surface area contributed by atoms with E-state index >= 15 is 0 Å². The molecule has 0 atom stereocenters. The van der Waals surface area contributed by atoms with Gasteiger partial charge in [-0.3, -0.25) is 14.0 Å². The van der Waals surface area contributed by atoms with Crippen molar-refractivity contribution in [1.82, 2.24) is 14.0 Å². The molecule has 1 fully saturated rings. The zero-order chi connectivity index (χ0) is 27.5. The molecule has 0 spiro atoms. The van der Waals surface area contributed by atoms with E-state index in [0.29, 0.717) is 22.8 Å². The van der Waals surface area contributed by atoms with Crippen LogP contribution in [-0.2, 0) is 4.74 Å². The second-order valence-corrected chi connectivity index (χ2v) is 9.37. The highest BCUT2D eigenvalue weighted by Crippen LogP contribution is 2.29. The molecule has 0 N–H and O–H groups in total. The van der Waals surface area contributed by atoms with Crippen molar-refractivity contribution < 1.29 is 23.8 Å². The Morgan fingerprint density at radius 3 is 2.41 bits per heavy atom. The third kappa shape index (κ3) is 5.01. The molecular formula is C29H30N4O6. The van der Waals surface area contributed by atoms with Crippen molar-refractivity contribution >= 4 is 28.6 Å². The highest BCUT2D eigenvalue weighted by molar-refractivity contribution is 5.97. The predicted molar refractivity (Wildman–Crippen MR) is 144 cm³/mol. The Labute approximate surface area is 224 Å². The van der Waals surface area contributed by atoms with Crippen molar-refractivity contribution in [1.29, 1.82) is 0 Å². The average molecular weight is 531 g/mol. The van der Waals surface area contributed by atoms with Gasteiger partial charge < -0.3 is 18.8 Å². The fraction of sp³-hybridized carbons (Fsp3) is 0.345. The molecule has 4 aromatic rings. The number of ether oxygens (including phenoxy) is 3. The number of amides is 1. The summed E-state index contributed by atoms with van der Waals surface area (Å²) in [6.07, 6.45) is 6.25. The molecule has 202 valence electrons. The third-order valence-electron chi connectivity index (χ3n) is 6.98. The Kier molecular flexibility index (Phi) is 7.44. The summed E-state index contributed by atoms with van der Waals surface area (Å²) in [4.78, 5) is 49.7. The highest BCUT2D eigenvalue weighted by Gasteiger charge is 2.25. The summed E-state index contributed by atoms with van der Waals surface area (Å²) >= 11 is 0. The number of aromatic nitrogens is 3. The van der Waals surface area contributed by atoms with Crippen LogP contribution >= 0.6 is 0 Å². The Hall–Kier alpha value is -4.47. The van der Waals surface area contributed by atoms with Gasteiger partial charge in [0.2, 0.25) is 0 Å². The number of hydrogen-bond acceptors (Lipinski definition) is 7. The van der Waals surface area contributed by atoms with Crippen LogP contribution in [0.25, 0.3) is 16.7 Å². The smallest absolute Gasteiger partial charge is 0.341 e. The van der Waals surface area contributed by atoms with E-state index in [2.05, 4.69) is 4.99 Å². The van der Waals surface area contributed by atoms with Gasteiger partial charge in [0, 0.05) is 23.9 Å². The van der Waals surface area contributed by atoms with Gasteiger partial charge in [0.15, 0.2) is 5.49 Å². The highest BCUT2D eigenvalue weighted by atomic mass is 16.5. The average Bonchev–Trinajstić information content (AvgIpc) is 2.97. The molecule has 0 radical (unpaired) electrons. The molecule has 0 aliphatic heterocycles. The lowest BCUT2D eigenvalue weighted by Crippen LogP contribution is -2.35. The number of methoxy groups -OCH3 is 2. The molecule has 1 saturated carbocycles. The Morgan fingerprint density at radius 2 is 1.74 bits per heavy atom. The summed E-state index contributed by atoms with van der Waals surface area (Å²) in [6.45, 7) is 1.82. The summed E-state index contributed by atoms with van der Waals surface area (Å²) in [5, 5.41) is 0.252. The van der Waals surface area contributed by atoms with Gasteiger partial charge in [0.25, 0.3) is 11.5 Å². The molecule has 10 heteroatoms. The minimum Gasteiger partial charge on any atom is -0.497 e. The van der Waals surface area contributed by atoms with E-state index in [0.717, 1.165) is 32.1 Å². The van der Waals surface area contributed by atoms with Crippen molar-refractivity contribution in [2.75, 3.05) is 20.8 Å². The van der Waals surface area contributed by atoms with Gasteiger partial charge in [0.05, 0.1) is 26.2 Å². The van der Waals surface area contributed by atoms with Gasteiger partial charge in [-0.15, -0.1) is 0 Å². The Balaban J connectivity index is 1.87. The van der Waals surface area contributed by atoms with Crippen LogP contribution in [-0.4, -0.2) is 46.7 Å². The molecule has 0 bridgehead atoms. The lowest BCUT2D eigenvalue weighted by Gasteiger charge is -2.27. The van der Waals surface area contributed by atoms with E-state index in [-0.39, 0.29) is 40.2 Å². The van der Waals surface area contributed by atoms with Crippen LogP contribution in [0.5, 0.6) is 11.5 Å². The number of esters is 1. The molecule has 0 saturated heterocycles. The number of rotatable bonds is 6. The van der Waals surface area contributed by atoms with E-state index in [4.69, 9.17) is 19.2 Å². The number of nitrogens with zero attached hydrogens (tertiary/aromatic N) is 4. The normalized spacial score (nSPS) is 14.5. The first-order valence-electron chi connectivity index (χ1n) is 13.0. The molecule has 0 unspecified atom stereocenters. The minimum absolute atomic E-state index is 0.0351. The van der Waals surface area contributed by atoms with E-state index in [1.165, 1.54) is 24.7 Å². The van der Waals surface area contributed by atoms with Crippen LogP contribution in [0.4, 0.5) is 0 Å². The quantitative estimate of drug-likeness (QED) is 0.273. The van der Waals surface area contributed by atoms with E-state index in [1.54, 1.807) is 54.1 Å². The third-order valence-corrected chi connectivity index (χ3v) is 6.98. The van der Waals surface area contributed by atoms with Gasteiger partial charge in [-0.05, 0) is 50.1 Å². The summed E-state index contributed by atoms with van der Waals surface area (Å²) in [6, 6.07) is 11.4. The summed E-state index contributed by atoms with van der Waals surface area (Å²) in [7, 11) is 2.99. The van der Waals surface area contributed by atoms with Crippen molar-refractivity contribution in [3.05, 3.63) is 75.6 Å². The summed E-state index contributed by atoms with van der Waals surface area (Å²) in [5.41, 5.74) is 0.892.